The molecule has 1 aromatic rings. The van der Waals surface area contributed by atoms with Crippen molar-refractivity contribution in [2.45, 2.75) is 44.2 Å². The summed E-state index contributed by atoms with van der Waals surface area (Å²) in [5.74, 6) is 0.377. The van der Waals surface area contributed by atoms with Crippen molar-refractivity contribution in [2.75, 3.05) is 12.3 Å². The maximum absolute atomic E-state index is 12.6. The van der Waals surface area contributed by atoms with Crippen molar-refractivity contribution in [3.63, 3.8) is 0 Å². The summed E-state index contributed by atoms with van der Waals surface area (Å²) in [5.41, 5.74) is 4.93. The van der Waals surface area contributed by atoms with Gasteiger partial charge in [0.15, 0.2) is 0 Å². The summed E-state index contributed by atoms with van der Waals surface area (Å²) in [7, 11) is -1.39. The van der Waals surface area contributed by atoms with Crippen LogP contribution in [0.2, 0.25) is 0 Å². The molecule has 0 heterocycles. The van der Waals surface area contributed by atoms with E-state index in [4.69, 9.17) is 5.73 Å². The van der Waals surface area contributed by atoms with Crippen molar-refractivity contribution < 1.29 is 17.4 Å². The predicted molar refractivity (Wildman–Crippen MR) is 79.4 cm³/mol. The first-order valence-electron chi connectivity index (χ1n) is 6.91. The molecular formula is C15H22F3NOS. The van der Waals surface area contributed by atoms with E-state index in [1.165, 1.54) is 12.1 Å². The van der Waals surface area contributed by atoms with E-state index in [2.05, 4.69) is 13.8 Å². The number of unbranched alkanes of at least 4 members (excludes halogenated alkanes) is 1. The van der Waals surface area contributed by atoms with Crippen molar-refractivity contribution in [1.82, 2.24) is 0 Å². The van der Waals surface area contributed by atoms with Gasteiger partial charge < -0.3 is 5.73 Å². The zero-order chi connectivity index (χ0) is 16.1. The number of halogens is 3. The fourth-order valence-corrected chi connectivity index (χ4v) is 3.06. The first-order chi connectivity index (χ1) is 9.65. The van der Waals surface area contributed by atoms with Gasteiger partial charge in [0.25, 0.3) is 0 Å². The molecule has 1 aromatic carbocycles. The van der Waals surface area contributed by atoms with Gasteiger partial charge in [0, 0.05) is 10.6 Å². The van der Waals surface area contributed by atoms with E-state index in [0.717, 1.165) is 25.0 Å². The van der Waals surface area contributed by atoms with Crippen molar-refractivity contribution in [2.24, 2.45) is 11.1 Å². The van der Waals surface area contributed by atoms with Crippen LogP contribution in [0.1, 0.15) is 38.7 Å². The molecule has 120 valence electrons. The molecule has 21 heavy (non-hydrogen) atoms. The minimum Gasteiger partial charge on any atom is -0.330 e. The summed E-state index contributed by atoms with van der Waals surface area (Å²) in [6.45, 7) is 4.72. The van der Waals surface area contributed by atoms with Crippen LogP contribution in [-0.4, -0.2) is 16.5 Å². The Morgan fingerprint density at radius 2 is 1.86 bits per heavy atom. The highest BCUT2D eigenvalue weighted by molar-refractivity contribution is 7.85. The maximum atomic E-state index is 12.6. The van der Waals surface area contributed by atoms with Gasteiger partial charge in [-0.15, -0.1) is 0 Å². The average Bonchev–Trinajstić information content (AvgIpc) is 2.42. The molecule has 1 rings (SSSR count). The number of hydrogen-bond acceptors (Lipinski definition) is 2. The first-order valence-corrected chi connectivity index (χ1v) is 8.23. The van der Waals surface area contributed by atoms with Gasteiger partial charge in [0.05, 0.1) is 16.4 Å². The third kappa shape index (κ3) is 6.18. The van der Waals surface area contributed by atoms with Gasteiger partial charge in [-0.1, -0.05) is 26.3 Å². The molecule has 1 unspecified atom stereocenters. The summed E-state index contributed by atoms with van der Waals surface area (Å²) in [6, 6.07) is 4.74. The molecule has 0 radical (unpaired) electrons. The molecule has 0 spiro atoms. The largest absolute Gasteiger partial charge is 0.416 e. The Balaban J connectivity index is 2.53. The normalized spacial score (nSPS) is 14.2. The van der Waals surface area contributed by atoms with Gasteiger partial charge in [-0.25, -0.2) is 0 Å². The van der Waals surface area contributed by atoms with Crippen LogP contribution in [0.5, 0.6) is 0 Å². The van der Waals surface area contributed by atoms with Crippen LogP contribution >= 0.6 is 0 Å². The van der Waals surface area contributed by atoms with Crippen molar-refractivity contribution in [3.05, 3.63) is 29.8 Å². The average molecular weight is 321 g/mol. The quantitative estimate of drug-likeness (QED) is 0.772. The maximum Gasteiger partial charge on any atom is 0.416 e. The van der Waals surface area contributed by atoms with Crippen LogP contribution in [0.3, 0.4) is 0 Å². The van der Waals surface area contributed by atoms with Crippen LogP contribution in [-0.2, 0) is 17.0 Å². The van der Waals surface area contributed by atoms with E-state index in [0.29, 0.717) is 18.7 Å². The van der Waals surface area contributed by atoms with Crippen LogP contribution in [0.15, 0.2) is 29.2 Å². The van der Waals surface area contributed by atoms with E-state index in [9.17, 15) is 17.4 Å². The minimum atomic E-state index is -4.40. The van der Waals surface area contributed by atoms with E-state index in [-0.39, 0.29) is 10.3 Å². The smallest absolute Gasteiger partial charge is 0.330 e. The summed E-state index contributed by atoms with van der Waals surface area (Å²) in [6.07, 6.45) is -1.89. The molecule has 0 aliphatic carbocycles. The number of benzene rings is 1. The fourth-order valence-electron chi connectivity index (χ4n) is 1.87. The molecule has 6 heteroatoms. The van der Waals surface area contributed by atoms with Crippen LogP contribution in [0, 0.1) is 5.41 Å². The van der Waals surface area contributed by atoms with Crippen molar-refractivity contribution >= 4 is 10.8 Å². The highest BCUT2D eigenvalue weighted by atomic mass is 32.2. The second-order valence-corrected chi connectivity index (χ2v) is 7.47. The van der Waals surface area contributed by atoms with E-state index in [1.807, 2.05) is 0 Å². The molecule has 2 nitrogen and oxygen atoms in total. The lowest BCUT2D eigenvalue weighted by molar-refractivity contribution is -0.137. The van der Waals surface area contributed by atoms with Crippen LogP contribution in [0.25, 0.3) is 0 Å². The fraction of sp³-hybridized carbons (Fsp3) is 0.600. The Bertz CT molecular complexity index is 486. The number of nitrogens with two attached hydrogens (primary N) is 1. The highest BCUT2D eigenvalue weighted by Crippen LogP contribution is 2.30. The molecule has 0 fully saturated rings. The van der Waals surface area contributed by atoms with Gasteiger partial charge in [-0.05, 0) is 43.0 Å². The predicted octanol–water partition coefficient (Wildman–Crippen LogP) is 3.97. The molecule has 0 saturated heterocycles. The molecule has 0 bridgehead atoms. The lowest BCUT2D eigenvalue weighted by atomic mass is 9.88. The van der Waals surface area contributed by atoms with Gasteiger partial charge in [-0.3, -0.25) is 4.21 Å². The first kappa shape index (κ1) is 18.2. The molecular weight excluding hydrogens is 299 g/mol. The van der Waals surface area contributed by atoms with Gasteiger partial charge in [0.1, 0.15) is 0 Å². The number of rotatable bonds is 7. The molecule has 2 N–H and O–H groups in total. The summed E-state index contributed by atoms with van der Waals surface area (Å²) >= 11 is 0. The van der Waals surface area contributed by atoms with Crippen molar-refractivity contribution in [3.8, 4) is 0 Å². The topological polar surface area (TPSA) is 43.1 Å². The Morgan fingerprint density at radius 3 is 2.43 bits per heavy atom. The van der Waals surface area contributed by atoms with E-state index < -0.39 is 22.5 Å². The SMILES string of the molecule is CC(C)(CN)CCCCS(=O)c1cccc(C(F)(F)F)c1. The molecule has 1 atom stereocenters. The highest BCUT2D eigenvalue weighted by Gasteiger charge is 2.30. The zero-order valence-electron chi connectivity index (χ0n) is 12.4. The zero-order valence-corrected chi connectivity index (χ0v) is 13.2. The molecule has 0 saturated carbocycles. The molecule has 0 aromatic heterocycles. The molecule has 0 aliphatic heterocycles. The number of hydrogen-bond donors (Lipinski definition) is 1. The third-order valence-electron chi connectivity index (χ3n) is 3.41. The second kappa shape index (κ2) is 7.40. The number of alkyl halides is 3. The molecule has 0 aliphatic rings. The second-order valence-electron chi connectivity index (χ2n) is 5.90. The summed E-state index contributed by atoms with van der Waals surface area (Å²) < 4.78 is 49.8. The van der Waals surface area contributed by atoms with Crippen LogP contribution in [0.4, 0.5) is 13.2 Å². The Morgan fingerprint density at radius 1 is 1.19 bits per heavy atom. The Kier molecular flexibility index (Phi) is 6.41. The standard InChI is InChI=1S/C15H22F3NOS/c1-14(2,11-19)8-3-4-9-21(20)13-7-5-6-12(10-13)15(16,17)18/h5-7,10H,3-4,8-9,11,19H2,1-2H3. The minimum absolute atomic E-state index is 0.0533. The van der Waals surface area contributed by atoms with E-state index >= 15 is 0 Å². The third-order valence-corrected chi connectivity index (χ3v) is 4.85. The van der Waals surface area contributed by atoms with E-state index in [1.54, 1.807) is 0 Å². The van der Waals surface area contributed by atoms with Crippen molar-refractivity contribution in [1.29, 1.82) is 0 Å². The monoisotopic (exact) mass is 321 g/mol. The lowest BCUT2D eigenvalue weighted by Gasteiger charge is -2.21. The van der Waals surface area contributed by atoms with Gasteiger partial charge >= 0.3 is 6.18 Å². The van der Waals surface area contributed by atoms with Gasteiger partial charge in [0.2, 0.25) is 0 Å². The molecule has 0 amide bonds. The summed E-state index contributed by atoms with van der Waals surface area (Å²) in [4.78, 5) is 0.239. The summed E-state index contributed by atoms with van der Waals surface area (Å²) in [5, 5.41) is 0. The Hall–Kier alpha value is -0.880. The van der Waals surface area contributed by atoms with Gasteiger partial charge in [-0.2, -0.15) is 13.2 Å². The Labute approximate surface area is 126 Å². The lowest BCUT2D eigenvalue weighted by Crippen LogP contribution is -2.23. The van der Waals surface area contributed by atoms with Crippen LogP contribution < -0.4 is 5.73 Å².